The fourth-order valence-corrected chi connectivity index (χ4v) is 4.74. The second kappa shape index (κ2) is 9.33. The molecule has 0 aliphatic carbocycles. The highest BCUT2D eigenvalue weighted by molar-refractivity contribution is 7.93. The zero-order valence-corrected chi connectivity index (χ0v) is 18.4. The zero-order chi connectivity index (χ0) is 21.7. The van der Waals surface area contributed by atoms with Gasteiger partial charge >= 0.3 is 0 Å². The molecule has 2 N–H and O–H groups in total. The number of rotatable bonds is 8. The van der Waals surface area contributed by atoms with Crippen LogP contribution in [0, 0.1) is 0 Å². The van der Waals surface area contributed by atoms with Crippen molar-refractivity contribution in [2.75, 3.05) is 24.3 Å². The van der Waals surface area contributed by atoms with Gasteiger partial charge in [-0.2, -0.15) is 0 Å². The molecule has 0 saturated carbocycles. The smallest absolute Gasteiger partial charge is 0.263 e. The van der Waals surface area contributed by atoms with Gasteiger partial charge in [0.05, 0.1) is 41.9 Å². The van der Waals surface area contributed by atoms with E-state index in [-0.39, 0.29) is 22.4 Å². The number of amides is 1. The fraction of sp³-hybridized carbons (Fsp3) is 0.158. The Hall–Kier alpha value is -2.82. The summed E-state index contributed by atoms with van der Waals surface area (Å²) in [6, 6.07) is 11.0. The summed E-state index contributed by atoms with van der Waals surface area (Å²) in [7, 11) is -0.821. The monoisotopic (exact) mass is 467 g/mol. The van der Waals surface area contributed by atoms with E-state index in [0.29, 0.717) is 27.9 Å². The van der Waals surface area contributed by atoms with Gasteiger partial charge in [-0.05, 0) is 12.1 Å². The Bertz CT molecular complexity index is 1150. The number of halogens is 1. The van der Waals surface area contributed by atoms with Crippen LogP contribution in [-0.4, -0.2) is 33.5 Å². The first kappa shape index (κ1) is 21.9. The maximum atomic E-state index is 12.4. The van der Waals surface area contributed by atoms with Crippen LogP contribution in [0.25, 0.3) is 0 Å². The molecule has 0 radical (unpaired) electrons. The van der Waals surface area contributed by atoms with E-state index in [9.17, 15) is 13.2 Å². The highest BCUT2D eigenvalue weighted by atomic mass is 35.5. The van der Waals surface area contributed by atoms with Crippen molar-refractivity contribution < 1.29 is 22.7 Å². The Morgan fingerprint density at radius 1 is 1.13 bits per heavy atom. The zero-order valence-electron chi connectivity index (χ0n) is 16.0. The molecule has 0 fully saturated rings. The number of hydrogen-bond donors (Lipinski definition) is 2. The molecule has 30 heavy (non-hydrogen) atoms. The number of hydrogen-bond acceptors (Lipinski definition) is 7. The van der Waals surface area contributed by atoms with Gasteiger partial charge < -0.3 is 14.8 Å². The topological polar surface area (TPSA) is 107 Å². The summed E-state index contributed by atoms with van der Waals surface area (Å²) in [6.07, 6.45) is -0.0579. The lowest BCUT2D eigenvalue weighted by Gasteiger charge is -2.12. The van der Waals surface area contributed by atoms with Gasteiger partial charge in [-0.1, -0.05) is 29.8 Å². The van der Waals surface area contributed by atoms with Gasteiger partial charge in [-0.3, -0.25) is 9.52 Å². The number of carbonyl (C=O) groups is 1. The molecule has 1 heterocycles. The second-order valence-electron chi connectivity index (χ2n) is 5.97. The van der Waals surface area contributed by atoms with Gasteiger partial charge in [0.15, 0.2) is 5.13 Å². The van der Waals surface area contributed by atoms with Gasteiger partial charge in [0.25, 0.3) is 10.0 Å². The summed E-state index contributed by atoms with van der Waals surface area (Å²) < 4.78 is 37.5. The van der Waals surface area contributed by atoms with Crippen LogP contribution in [0.3, 0.4) is 0 Å². The Kier molecular flexibility index (Phi) is 6.80. The van der Waals surface area contributed by atoms with Crippen molar-refractivity contribution in [3.05, 3.63) is 58.6 Å². The van der Waals surface area contributed by atoms with Crippen LogP contribution in [0.5, 0.6) is 11.5 Å². The van der Waals surface area contributed by atoms with Gasteiger partial charge in [-0.15, -0.1) is 11.3 Å². The van der Waals surface area contributed by atoms with Crippen LogP contribution < -0.4 is 19.5 Å². The molecule has 0 bridgehead atoms. The van der Waals surface area contributed by atoms with E-state index in [1.807, 2.05) is 0 Å². The summed E-state index contributed by atoms with van der Waals surface area (Å²) in [6.45, 7) is 0. The van der Waals surface area contributed by atoms with E-state index in [1.54, 1.807) is 29.6 Å². The van der Waals surface area contributed by atoms with Crippen molar-refractivity contribution >= 4 is 49.7 Å². The predicted octanol–water partition coefficient (Wildman–Crippen LogP) is 3.80. The van der Waals surface area contributed by atoms with Crippen LogP contribution in [0.15, 0.2) is 52.7 Å². The molecule has 0 saturated heterocycles. The van der Waals surface area contributed by atoms with E-state index in [2.05, 4.69) is 15.0 Å². The maximum Gasteiger partial charge on any atom is 0.263 e. The van der Waals surface area contributed by atoms with Crippen molar-refractivity contribution in [2.24, 2.45) is 0 Å². The number of carbonyl (C=O) groups excluding carboxylic acids is 1. The standard InChI is InChI=1S/C19H18ClN3O5S2/c1-27-16-10-15(17(28-2)9-14(16)20)22-18(24)8-12-11-29-19(21-12)23-30(25,26)13-6-4-3-5-7-13/h3-7,9-11H,8H2,1-2H3,(H,21,23)(H,22,24). The van der Waals surface area contributed by atoms with Crippen LogP contribution in [-0.2, 0) is 21.2 Å². The Balaban J connectivity index is 1.69. The number of aromatic nitrogens is 1. The predicted molar refractivity (Wildman–Crippen MR) is 116 cm³/mol. The first-order chi connectivity index (χ1) is 14.3. The minimum atomic E-state index is -3.74. The van der Waals surface area contributed by atoms with Gasteiger partial charge in [0.1, 0.15) is 11.5 Å². The molecule has 0 aliphatic heterocycles. The lowest BCUT2D eigenvalue weighted by molar-refractivity contribution is -0.115. The normalized spacial score (nSPS) is 11.0. The SMILES string of the molecule is COc1cc(NC(=O)Cc2csc(NS(=O)(=O)c3ccccc3)n2)c(OC)cc1Cl. The molecule has 2 aromatic carbocycles. The average molecular weight is 468 g/mol. The summed E-state index contributed by atoms with van der Waals surface area (Å²) >= 11 is 7.16. The number of methoxy groups -OCH3 is 2. The number of nitrogens with zero attached hydrogens (tertiary/aromatic N) is 1. The van der Waals surface area contributed by atoms with Crippen LogP contribution >= 0.6 is 22.9 Å². The Morgan fingerprint density at radius 2 is 1.83 bits per heavy atom. The molecule has 1 aromatic heterocycles. The largest absolute Gasteiger partial charge is 0.495 e. The Morgan fingerprint density at radius 3 is 2.50 bits per heavy atom. The molecule has 0 aliphatic rings. The number of sulfonamides is 1. The summed E-state index contributed by atoms with van der Waals surface area (Å²) in [5.74, 6) is 0.406. The summed E-state index contributed by atoms with van der Waals surface area (Å²) in [4.78, 5) is 16.7. The molecular formula is C19H18ClN3O5S2. The van der Waals surface area contributed by atoms with E-state index in [0.717, 1.165) is 11.3 Å². The van der Waals surface area contributed by atoms with E-state index < -0.39 is 10.0 Å². The third kappa shape index (κ3) is 5.21. The van der Waals surface area contributed by atoms with Crippen molar-refractivity contribution in [1.82, 2.24) is 4.98 Å². The first-order valence-electron chi connectivity index (χ1n) is 8.56. The van der Waals surface area contributed by atoms with Crippen molar-refractivity contribution in [3.8, 4) is 11.5 Å². The average Bonchev–Trinajstić information content (AvgIpc) is 3.15. The second-order valence-corrected chi connectivity index (χ2v) is 8.92. The quantitative estimate of drug-likeness (QED) is 0.522. The van der Waals surface area contributed by atoms with Gasteiger partial charge in [0, 0.05) is 17.5 Å². The Labute approximate surface area is 182 Å². The van der Waals surface area contributed by atoms with E-state index >= 15 is 0 Å². The molecule has 158 valence electrons. The van der Waals surface area contributed by atoms with Crippen molar-refractivity contribution in [3.63, 3.8) is 0 Å². The van der Waals surface area contributed by atoms with Gasteiger partial charge in [0.2, 0.25) is 5.91 Å². The number of ether oxygens (including phenoxy) is 2. The molecule has 3 rings (SSSR count). The summed E-state index contributed by atoms with van der Waals surface area (Å²) in [5, 5.41) is 4.85. The van der Waals surface area contributed by atoms with Crippen molar-refractivity contribution in [2.45, 2.75) is 11.3 Å². The molecule has 0 atom stereocenters. The van der Waals surface area contributed by atoms with Crippen LogP contribution in [0.4, 0.5) is 10.8 Å². The first-order valence-corrected chi connectivity index (χ1v) is 11.3. The fourth-order valence-electron chi connectivity index (χ4n) is 2.53. The molecular weight excluding hydrogens is 450 g/mol. The highest BCUT2D eigenvalue weighted by Gasteiger charge is 2.17. The molecule has 1 amide bonds. The maximum absolute atomic E-state index is 12.4. The number of thiazole rings is 1. The third-order valence-corrected chi connectivity index (χ3v) is 6.50. The van der Waals surface area contributed by atoms with Crippen LogP contribution in [0.2, 0.25) is 5.02 Å². The number of anilines is 2. The number of nitrogens with one attached hydrogen (secondary N) is 2. The molecule has 11 heteroatoms. The summed E-state index contributed by atoms with van der Waals surface area (Å²) in [5.41, 5.74) is 0.812. The van der Waals surface area contributed by atoms with Gasteiger partial charge in [-0.25, -0.2) is 13.4 Å². The lowest BCUT2D eigenvalue weighted by atomic mass is 10.2. The highest BCUT2D eigenvalue weighted by Crippen LogP contribution is 2.36. The molecule has 0 unspecified atom stereocenters. The van der Waals surface area contributed by atoms with Crippen LogP contribution in [0.1, 0.15) is 5.69 Å². The van der Waals surface area contributed by atoms with E-state index in [4.69, 9.17) is 21.1 Å². The molecule has 8 nitrogen and oxygen atoms in total. The van der Waals surface area contributed by atoms with Crippen molar-refractivity contribution in [1.29, 1.82) is 0 Å². The minimum absolute atomic E-state index is 0.0579. The number of benzene rings is 2. The molecule has 3 aromatic rings. The lowest BCUT2D eigenvalue weighted by Crippen LogP contribution is -2.16. The van der Waals surface area contributed by atoms with E-state index in [1.165, 1.54) is 32.4 Å². The minimum Gasteiger partial charge on any atom is -0.495 e. The third-order valence-electron chi connectivity index (χ3n) is 3.92. The molecule has 0 spiro atoms.